The molecule has 0 unspecified atom stereocenters. The maximum absolute atomic E-state index is 9.49. The highest BCUT2D eigenvalue weighted by atomic mass is 16.5. The number of benzene rings is 1. The average Bonchev–Trinajstić information content (AvgIpc) is 3.04. The van der Waals surface area contributed by atoms with Crippen LogP contribution in [0, 0.1) is 0 Å². The normalized spacial score (nSPS) is 11.0. The molecule has 0 radical (unpaired) electrons. The zero-order valence-corrected chi connectivity index (χ0v) is 22.8. The van der Waals surface area contributed by atoms with E-state index >= 15 is 0 Å². The third-order valence-corrected chi connectivity index (χ3v) is 6.02. The molecule has 3 aromatic heterocycles. The van der Waals surface area contributed by atoms with Crippen LogP contribution in [0.15, 0.2) is 54.6 Å². The SMILES string of the molecule is OCc1cc(OCc2cc(COc3cc(CO)nc(CO)c3)cc(COc3cc(CO)nc(CO)c3)c2)cc(CO)n1. The number of aliphatic hydroxyl groups excluding tert-OH is 6. The van der Waals surface area contributed by atoms with Crippen LogP contribution < -0.4 is 14.2 Å². The highest BCUT2D eigenvalue weighted by molar-refractivity contribution is 5.34. The summed E-state index contributed by atoms with van der Waals surface area (Å²) in [5.41, 5.74) is 4.58. The lowest BCUT2D eigenvalue weighted by Crippen LogP contribution is -2.06. The highest BCUT2D eigenvalue weighted by Gasteiger charge is 2.10. The van der Waals surface area contributed by atoms with Crippen molar-refractivity contribution in [3.8, 4) is 17.2 Å². The van der Waals surface area contributed by atoms with Crippen LogP contribution in [0.2, 0.25) is 0 Å². The van der Waals surface area contributed by atoms with Crippen molar-refractivity contribution in [2.45, 2.75) is 59.5 Å². The summed E-state index contributed by atoms with van der Waals surface area (Å²) in [5, 5.41) is 56.9. The second kappa shape index (κ2) is 15.2. The van der Waals surface area contributed by atoms with E-state index in [-0.39, 0.29) is 59.5 Å². The molecule has 12 nitrogen and oxygen atoms in total. The summed E-state index contributed by atoms with van der Waals surface area (Å²) in [6.45, 7) is -1.33. The summed E-state index contributed by atoms with van der Waals surface area (Å²) in [5.74, 6) is 1.31. The summed E-state index contributed by atoms with van der Waals surface area (Å²) in [6, 6.07) is 15.3. The lowest BCUT2D eigenvalue weighted by molar-refractivity contribution is 0.258. The van der Waals surface area contributed by atoms with Gasteiger partial charge in [-0.25, -0.2) is 0 Å². The molecule has 0 spiro atoms. The zero-order chi connectivity index (χ0) is 29.9. The molecule has 1 aromatic carbocycles. The van der Waals surface area contributed by atoms with Crippen LogP contribution in [0.4, 0.5) is 0 Å². The summed E-state index contributed by atoms with van der Waals surface area (Å²) in [4.78, 5) is 12.4. The van der Waals surface area contributed by atoms with Crippen molar-refractivity contribution in [1.29, 1.82) is 0 Å². The van der Waals surface area contributed by atoms with Gasteiger partial charge in [-0.05, 0) is 34.9 Å². The molecule has 3 heterocycles. The predicted octanol–water partition coefficient (Wildman–Crippen LogP) is 1.56. The molecular formula is C30H33N3O9. The lowest BCUT2D eigenvalue weighted by Gasteiger charge is -2.15. The molecule has 0 bridgehead atoms. The van der Waals surface area contributed by atoms with Gasteiger partial charge in [-0.1, -0.05) is 0 Å². The Morgan fingerprint density at radius 3 is 0.762 bits per heavy atom. The van der Waals surface area contributed by atoms with Crippen molar-refractivity contribution in [3.05, 3.63) is 105 Å². The van der Waals surface area contributed by atoms with Crippen LogP contribution in [-0.4, -0.2) is 45.6 Å². The molecule has 12 heteroatoms. The molecule has 42 heavy (non-hydrogen) atoms. The quantitative estimate of drug-likeness (QED) is 0.119. The molecule has 222 valence electrons. The van der Waals surface area contributed by atoms with E-state index in [9.17, 15) is 30.6 Å². The van der Waals surface area contributed by atoms with Gasteiger partial charge in [0.2, 0.25) is 0 Å². The first-order valence-electron chi connectivity index (χ1n) is 13.1. The number of aromatic nitrogens is 3. The van der Waals surface area contributed by atoms with Crippen LogP contribution in [0.5, 0.6) is 17.2 Å². The summed E-state index contributed by atoms with van der Waals surface area (Å²) in [6.07, 6.45) is 0. The Labute approximate surface area is 242 Å². The van der Waals surface area contributed by atoms with Crippen molar-refractivity contribution < 1.29 is 44.8 Å². The van der Waals surface area contributed by atoms with E-state index in [0.29, 0.717) is 51.4 Å². The Hall–Kier alpha value is -4.17. The Balaban J connectivity index is 1.57. The second-order valence-corrected chi connectivity index (χ2v) is 9.33. The number of aliphatic hydroxyl groups is 6. The number of pyridine rings is 3. The fourth-order valence-electron chi connectivity index (χ4n) is 4.18. The minimum absolute atomic E-state index is 0.151. The van der Waals surface area contributed by atoms with Crippen molar-refractivity contribution in [2.24, 2.45) is 0 Å². The minimum Gasteiger partial charge on any atom is -0.489 e. The monoisotopic (exact) mass is 579 g/mol. The van der Waals surface area contributed by atoms with E-state index in [1.54, 1.807) is 36.4 Å². The average molecular weight is 580 g/mol. The lowest BCUT2D eigenvalue weighted by atomic mass is 10.1. The van der Waals surface area contributed by atoms with Gasteiger partial charge in [0.25, 0.3) is 0 Å². The van der Waals surface area contributed by atoms with Gasteiger partial charge in [-0.2, -0.15) is 0 Å². The fraction of sp³-hybridized carbons (Fsp3) is 0.300. The third-order valence-electron chi connectivity index (χ3n) is 6.02. The van der Waals surface area contributed by atoms with E-state index in [1.165, 1.54) is 0 Å². The van der Waals surface area contributed by atoms with E-state index < -0.39 is 0 Å². The fourth-order valence-corrected chi connectivity index (χ4v) is 4.18. The number of ether oxygens (including phenoxy) is 3. The van der Waals surface area contributed by atoms with Gasteiger partial charge in [-0.3, -0.25) is 15.0 Å². The van der Waals surface area contributed by atoms with Crippen LogP contribution in [-0.2, 0) is 59.5 Å². The van der Waals surface area contributed by atoms with Crippen molar-refractivity contribution >= 4 is 0 Å². The summed E-state index contributed by atoms with van der Waals surface area (Å²) in [7, 11) is 0. The van der Waals surface area contributed by atoms with E-state index in [0.717, 1.165) is 16.7 Å². The van der Waals surface area contributed by atoms with Gasteiger partial charge in [0.1, 0.15) is 37.1 Å². The highest BCUT2D eigenvalue weighted by Crippen LogP contribution is 2.22. The smallest absolute Gasteiger partial charge is 0.123 e. The molecule has 4 rings (SSSR count). The minimum atomic E-state index is -0.297. The van der Waals surface area contributed by atoms with Gasteiger partial charge >= 0.3 is 0 Å². The van der Waals surface area contributed by atoms with Crippen LogP contribution in [0.25, 0.3) is 0 Å². The van der Waals surface area contributed by atoms with Crippen LogP contribution in [0.1, 0.15) is 50.9 Å². The molecule has 4 aromatic rings. The maximum atomic E-state index is 9.49. The van der Waals surface area contributed by atoms with Crippen molar-refractivity contribution in [2.75, 3.05) is 0 Å². The number of hydrogen-bond donors (Lipinski definition) is 6. The molecule has 0 atom stereocenters. The first-order valence-corrected chi connectivity index (χ1v) is 13.1. The number of nitrogens with zero attached hydrogens (tertiary/aromatic N) is 3. The topological polar surface area (TPSA) is 188 Å². The first kappa shape index (κ1) is 30.8. The van der Waals surface area contributed by atoms with E-state index in [1.807, 2.05) is 18.2 Å². The van der Waals surface area contributed by atoms with Crippen LogP contribution >= 0.6 is 0 Å². The molecule has 6 N–H and O–H groups in total. The number of hydrogen-bond acceptors (Lipinski definition) is 12. The Morgan fingerprint density at radius 2 is 0.571 bits per heavy atom. The standard InChI is InChI=1S/C30H33N3O9/c34-10-22-4-28(5-23(11-35)31-22)40-16-19-1-20(17-41-29-6-24(12-36)32-25(7-29)13-37)3-21(2-19)18-42-30-8-26(14-38)33-27(9-30)15-39/h1-9,34-39H,10-18H2. The van der Waals surface area contributed by atoms with Gasteiger partial charge in [-0.15, -0.1) is 0 Å². The zero-order valence-electron chi connectivity index (χ0n) is 22.8. The second-order valence-electron chi connectivity index (χ2n) is 9.33. The van der Waals surface area contributed by atoms with Gasteiger partial charge in [0.05, 0.1) is 73.8 Å². The van der Waals surface area contributed by atoms with Crippen LogP contribution in [0.3, 0.4) is 0 Å². The Kier molecular flexibility index (Phi) is 11.1. The largest absolute Gasteiger partial charge is 0.489 e. The first-order chi connectivity index (χ1) is 20.4. The summed E-state index contributed by atoms with van der Waals surface area (Å²) < 4.78 is 17.9. The third kappa shape index (κ3) is 8.66. The maximum Gasteiger partial charge on any atom is 0.123 e. The Morgan fingerprint density at radius 1 is 0.357 bits per heavy atom. The van der Waals surface area contributed by atoms with Gasteiger partial charge < -0.3 is 44.8 Å². The van der Waals surface area contributed by atoms with Gasteiger partial charge in [0.15, 0.2) is 0 Å². The molecular weight excluding hydrogens is 546 g/mol. The van der Waals surface area contributed by atoms with Crippen molar-refractivity contribution in [3.63, 3.8) is 0 Å². The van der Waals surface area contributed by atoms with Crippen molar-refractivity contribution in [1.82, 2.24) is 15.0 Å². The molecule has 0 amide bonds. The number of rotatable bonds is 15. The summed E-state index contributed by atoms with van der Waals surface area (Å²) >= 11 is 0. The molecule has 0 aliphatic heterocycles. The van der Waals surface area contributed by atoms with E-state index in [4.69, 9.17) is 14.2 Å². The predicted molar refractivity (Wildman–Crippen MR) is 148 cm³/mol. The molecule has 0 saturated heterocycles. The molecule has 0 aliphatic carbocycles. The molecule has 0 fully saturated rings. The van der Waals surface area contributed by atoms with Gasteiger partial charge in [0, 0.05) is 36.4 Å². The van der Waals surface area contributed by atoms with E-state index in [2.05, 4.69) is 15.0 Å². The molecule has 0 aliphatic rings. The molecule has 0 saturated carbocycles. The Bertz CT molecular complexity index is 1230.